The van der Waals surface area contributed by atoms with Crippen LogP contribution in [-0.2, 0) is 13.3 Å². The van der Waals surface area contributed by atoms with E-state index >= 15 is 0 Å². The highest BCUT2D eigenvalue weighted by atomic mass is 28.4. The minimum absolute atomic E-state index is 0.633. The zero-order valence-electron chi connectivity index (χ0n) is 14.1. The maximum absolute atomic E-state index is 5.81. The van der Waals surface area contributed by atoms with Crippen molar-refractivity contribution in [2.75, 3.05) is 33.4 Å². The highest BCUT2D eigenvalue weighted by Gasteiger charge is 2.39. The molecule has 0 heterocycles. The van der Waals surface area contributed by atoms with Crippen LogP contribution in [0.4, 0.5) is 0 Å². The minimum atomic E-state index is -2.47. The van der Waals surface area contributed by atoms with Gasteiger partial charge in [0.25, 0.3) is 0 Å². The molecule has 0 amide bonds. The number of unbranched alkanes of at least 4 members (excludes halogenated alkanes) is 2. The topological polar surface area (TPSA) is 52.4 Å². The van der Waals surface area contributed by atoms with Crippen LogP contribution in [0.15, 0.2) is 9.98 Å². The first-order valence-corrected chi connectivity index (χ1v) is 9.98. The molecule has 0 aromatic rings. The first kappa shape index (κ1) is 20.4. The van der Waals surface area contributed by atoms with Crippen molar-refractivity contribution in [2.24, 2.45) is 9.98 Å². The molecule has 21 heavy (non-hydrogen) atoms. The smallest absolute Gasteiger partial charge is 0.374 e. The molecular formula is C15H32N2O3Si. The number of hydrogen-bond donors (Lipinski definition) is 0. The van der Waals surface area contributed by atoms with Gasteiger partial charge in [0.05, 0.1) is 0 Å². The molecule has 0 unspecified atom stereocenters. The molecule has 0 radical (unpaired) electrons. The molecule has 0 aliphatic heterocycles. The van der Waals surface area contributed by atoms with Crippen LogP contribution in [-0.4, -0.2) is 54.6 Å². The predicted molar refractivity (Wildman–Crippen MR) is 91.7 cm³/mol. The second kappa shape index (κ2) is 14.4. The molecule has 5 nitrogen and oxygen atoms in total. The summed E-state index contributed by atoms with van der Waals surface area (Å²) in [7, 11) is -0.668. The fourth-order valence-electron chi connectivity index (χ4n) is 2.00. The number of hydrogen-bond acceptors (Lipinski definition) is 5. The van der Waals surface area contributed by atoms with Gasteiger partial charge in [0, 0.05) is 39.5 Å². The average molecular weight is 317 g/mol. The Hall–Kier alpha value is -0.563. The summed E-state index contributed by atoms with van der Waals surface area (Å²) in [5.41, 5.74) is 0. The highest BCUT2D eigenvalue weighted by molar-refractivity contribution is 6.60. The maximum Gasteiger partial charge on any atom is 0.500 e. The molecule has 0 spiro atoms. The van der Waals surface area contributed by atoms with E-state index in [1.165, 1.54) is 0 Å². The lowest BCUT2D eigenvalue weighted by Crippen LogP contribution is -2.46. The van der Waals surface area contributed by atoms with Gasteiger partial charge in [-0.15, -0.1) is 0 Å². The van der Waals surface area contributed by atoms with Crippen LogP contribution in [0.1, 0.15) is 46.5 Å². The van der Waals surface area contributed by atoms with Crippen LogP contribution < -0.4 is 0 Å². The molecule has 0 bridgehead atoms. The fourth-order valence-corrected chi connectivity index (χ4v) is 4.59. The molecule has 0 saturated carbocycles. The van der Waals surface area contributed by atoms with E-state index in [2.05, 4.69) is 9.98 Å². The lowest BCUT2D eigenvalue weighted by atomic mass is 10.2. The van der Waals surface area contributed by atoms with E-state index in [9.17, 15) is 0 Å². The van der Waals surface area contributed by atoms with Crippen LogP contribution in [0.3, 0.4) is 0 Å². The quantitative estimate of drug-likeness (QED) is 0.280. The van der Waals surface area contributed by atoms with Gasteiger partial charge in [-0.3, -0.25) is 4.99 Å². The standard InChI is InChI=1S/C15H32N2O3Si/c1-5-18-21(19-6-2,20-7-3)15-11-14-17-13-10-8-9-12-16-4/h12-13H,5-11,14-15H2,1-4H3/b16-12?,17-13+. The zero-order valence-corrected chi connectivity index (χ0v) is 15.1. The van der Waals surface area contributed by atoms with E-state index in [1.807, 2.05) is 33.2 Å². The summed E-state index contributed by atoms with van der Waals surface area (Å²) in [6.07, 6.45) is 8.04. The van der Waals surface area contributed by atoms with Crippen LogP contribution in [0.5, 0.6) is 0 Å². The molecule has 0 saturated heterocycles. The van der Waals surface area contributed by atoms with Crippen molar-refractivity contribution in [3.05, 3.63) is 0 Å². The molecule has 0 aromatic heterocycles. The number of rotatable bonds is 14. The summed E-state index contributed by atoms with van der Waals surface area (Å²) >= 11 is 0. The van der Waals surface area contributed by atoms with Crippen molar-refractivity contribution in [1.29, 1.82) is 0 Å². The monoisotopic (exact) mass is 316 g/mol. The second-order valence-corrected chi connectivity index (χ2v) is 7.28. The average Bonchev–Trinajstić information content (AvgIpc) is 2.46. The number of nitrogens with zero attached hydrogens (tertiary/aromatic N) is 2. The van der Waals surface area contributed by atoms with Crippen molar-refractivity contribution in [3.63, 3.8) is 0 Å². The largest absolute Gasteiger partial charge is 0.500 e. The molecule has 0 rings (SSSR count). The van der Waals surface area contributed by atoms with Gasteiger partial charge in [-0.1, -0.05) is 0 Å². The summed E-state index contributed by atoms with van der Waals surface area (Å²) in [6.45, 7) is 8.66. The van der Waals surface area contributed by atoms with Crippen LogP contribution in [0.25, 0.3) is 0 Å². The Morgan fingerprint density at radius 2 is 1.43 bits per heavy atom. The Balaban J connectivity index is 3.98. The van der Waals surface area contributed by atoms with E-state index in [4.69, 9.17) is 13.3 Å². The summed E-state index contributed by atoms with van der Waals surface area (Å²) in [6, 6.07) is 0.836. The van der Waals surface area contributed by atoms with E-state index in [-0.39, 0.29) is 0 Å². The van der Waals surface area contributed by atoms with Gasteiger partial charge in [0.1, 0.15) is 0 Å². The maximum atomic E-state index is 5.81. The van der Waals surface area contributed by atoms with Crippen molar-refractivity contribution in [3.8, 4) is 0 Å². The summed E-state index contributed by atoms with van der Waals surface area (Å²) in [5, 5.41) is 0. The third-order valence-corrected chi connectivity index (χ3v) is 5.99. The van der Waals surface area contributed by atoms with E-state index in [0.29, 0.717) is 19.8 Å². The van der Waals surface area contributed by atoms with Crippen LogP contribution in [0.2, 0.25) is 6.04 Å². The van der Waals surface area contributed by atoms with E-state index < -0.39 is 8.80 Å². The number of aliphatic imine (C=N–C) groups is 2. The molecule has 124 valence electrons. The molecule has 0 atom stereocenters. The van der Waals surface area contributed by atoms with Crippen LogP contribution in [0, 0.1) is 0 Å². The first-order valence-electron chi connectivity index (χ1n) is 8.05. The fraction of sp³-hybridized carbons (Fsp3) is 0.867. The van der Waals surface area contributed by atoms with Crippen LogP contribution >= 0.6 is 0 Å². The normalized spacial score (nSPS) is 12.8. The third kappa shape index (κ3) is 10.8. The van der Waals surface area contributed by atoms with Crippen molar-refractivity contribution < 1.29 is 13.3 Å². The lowest BCUT2D eigenvalue weighted by molar-refractivity contribution is 0.0710. The molecule has 0 fully saturated rings. The van der Waals surface area contributed by atoms with Crippen molar-refractivity contribution in [1.82, 2.24) is 0 Å². The molecule has 0 aromatic carbocycles. The van der Waals surface area contributed by atoms with Gasteiger partial charge in [0.15, 0.2) is 0 Å². The van der Waals surface area contributed by atoms with Gasteiger partial charge >= 0.3 is 8.80 Å². The van der Waals surface area contributed by atoms with Crippen molar-refractivity contribution in [2.45, 2.75) is 52.5 Å². The molecule has 0 N–H and O–H groups in total. The van der Waals surface area contributed by atoms with Crippen molar-refractivity contribution >= 4 is 21.2 Å². The highest BCUT2D eigenvalue weighted by Crippen LogP contribution is 2.18. The summed E-state index contributed by atoms with van der Waals surface area (Å²) < 4.78 is 17.4. The predicted octanol–water partition coefficient (Wildman–Crippen LogP) is 3.37. The van der Waals surface area contributed by atoms with E-state index in [0.717, 1.165) is 38.3 Å². The Bertz CT molecular complexity index is 269. The van der Waals surface area contributed by atoms with Gasteiger partial charge in [-0.05, 0) is 58.9 Å². The lowest BCUT2D eigenvalue weighted by Gasteiger charge is -2.28. The molecular weight excluding hydrogens is 284 g/mol. The first-order chi connectivity index (χ1) is 10.2. The minimum Gasteiger partial charge on any atom is -0.374 e. The van der Waals surface area contributed by atoms with Gasteiger partial charge < -0.3 is 18.3 Å². The molecule has 0 aliphatic rings. The Morgan fingerprint density at radius 3 is 1.95 bits per heavy atom. The second-order valence-electron chi connectivity index (χ2n) is 4.55. The summed E-state index contributed by atoms with van der Waals surface area (Å²) in [4.78, 5) is 8.39. The van der Waals surface area contributed by atoms with Gasteiger partial charge in [0.2, 0.25) is 0 Å². The van der Waals surface area contributed by atoms with E-state index in [1.54, 1.807) is 7.05 Å². The SMILES string of the molecule is CCO[Si](CCC/N=C/CCCC=NC)(OCC)OCC. The molecule has 0 aliphatic carbocycles. The summed E-state index contributed by atoms with van der Waals surface area (Å²) in [5.74, 6) is 0. The van der Waals surface area contributed by atoms with Gasteiger partial charge in [-0.25, -0.2) is 0 Å². The molecule has 6 heteroatoms. The Labute approximate surface area is 131 Å². The zero-order chi connectivity index (χ0) is 15.8. The van der Waals surface area contributed by atoms with Gasteiger partial charge in [-0.2, -0.15) is 0 Å². The Morgan fingerprint density at radius 1 is 0.857 bits per heavy atom. The Kier molecular flexibility index (Phi) is 14.0. The third-order valence-electron chi connectivity index (χ3n) is 2.84.